The van der Waals surface area contributed by atoms with Crippen LogP contribution >= 0.6 is 27.5 Å². The van der Waals surface area contributed by atoms with Crippen molar-refractivity contribution in [2.24, 2.45) is 0 Å². The van der Waals surface area contributed by atoms with Gasteiger partial charge in [0.05, 0.1) is 0 Å². The van der Waals surface area contributed by atoms with E-state index in [1.807, 2.05) is 42.5 Å². The van der Waals surface area contributed by atoms with Gasteiger partial charge >= 0.3 is 0 Å². The number of amides is 1. The number of hydrogen-bond acceptors (Lipinski definition) is 3. The summed E-state index contributed by atoms with van der Waals surface area (Å²) < 4.78 is 0.915. The molecule has 0 spiro atoms. The summed E-state index contributed by atoms with van der Waals surface area (Å²) in [6, 6.07) is 16.6. The second-order valence-electron chi connectivity index (χ2n) is 4.93. The fraction of sp³-hybridized carbons (Fsp3) is 0.111. The lowest BCUT2D eigenvalue weighted by Gasteiger charge is -2.06. The molecule has 0 unspecified atom stereocenters. The zero-order valence-corrected chi connectivity index (χ0v) is 15.1. The highest BCUT2D eigenvalue weighted by Crippen LogP contribution is 2.15. The van der Waals surface area contributed by atoms with Crippen molar-refractivity contribution in [1.82, 2.24) is 5.32 Å². The predicted molar refractivity (Wildman–Crippen MR) is 99.6 cm³/mol. The third-order valence-electron chi connectivity index (χ3n) is 3.21. The Bertz CT molecular complexity index is 782. The molecule has 0 bridgehead atoms. The Morgan fingerprint density at radius 1 is 1.21 bits per heavy atom. The number of nitriles is 1. The van der Waals surface area contributed by atoms with Crippen LogP contribution in [0.15, 0.2) is 64.8 Å². The Morgan fingerprint density at radius 3 is 2.58 bits per heavy atom. The third-order valence-corrected chi connectivity index (χ3v) is 4.11. The highest BCUT2D eigenvalue weighted by atomic mass is 79.9. The summed E-state index contributed by atoms with van der Waals surface area (Å²) >= 11 is 9.41. The normalized spacial score (nSPS) is 10.8. The lowest BCUT2D eigenvalue weighted by molar-refractivity contribution is -0.112. The molecule has 0 fully saturated rings. The number of benzene rings is 2. The van der Waals surface area contributed by atoms with E-state index in [0.717, 1.165) is 10.0 Å². The van der Waals surface area contributed by atoms with Crippen molar-refractivity contribution in [2.45, 2.75) is 6.42 Å². The maximum atomic E-state index is 12.1. The Hall–Kier alpha value is -2.29. The Labute approximate surface area is 154 Å². The minimum atomic E-state index is -0.454. The second-order valence-corrected chi connectivity index (χ2v) is 6.25. The summed E-state index contributed by atoms with van der Waals surface area (Å²) in [4.78, 5) is 12.1. The van der Waals surface area contributed by atoms with E-state index >= 15 is 0 Å². The fourth-order valence-corrected chi connectivity index (χ4v) is 2.46. The molecule has 4 nitrogen and oxygen atoms in total. The summed E-state index contributed by atoms with van der Waals surface area (Å²) in [5.41, 5.74) is 1.65. The van der Waals surface area contributed by atoms with E-state index in [-0.39, 0.29) is 5.57 Å². The average molecular weight is 405 g/mol. The zero-order valence-electron chi connectivity index (χ0n) is 12.7. The van der Waals surface area contributed by atoms with Gasteiger partial charge in [-0.3, -0.25) is 4.79 Å². The van der Waals surface area contributed by atoms with E-state index in [0.29, 0.717) is 23.7 Å². The van der Waals surface area contributed by atoms with E-state index in [2.05, 4.69) is 26.6 Å². The van der Waals surface area contributed by atoms with Crippen LogP contribution in [0.4, 0.5) is 5.69 Å². The summed E-state index contributed by atoms with van der Waals surface area (Å²) in [5.74, 6) is -0.454. The number of nitrogens with zero attached hydrogens (tertiary/aromatic N) is 1. The molecule has 2 N–H and O–H groups in total. The van der Waals surface area contributed by atoms with Crippen molar-refractivity contribution in [3.05, 3.63) is 75.4 Å². The topological polar surface area (TPSA) is 64.9 Å². The van der Waals surface area contributed by atoms with E-state index in [1.54, 1.807) is 12.1 Å². The van der Waals surface area contributed by atoms with Crippen molar-refractivity contribution in [1.29, 1.82) is 5.26 Å². The second kappa shape index (κ2) is 9.11. The molecule has 2 aromatic rings. The summed E-state index contributed by atoms with van der Waals surface area (Å²) in [6.07, 6.45) is 2.12. The number of carbonyl (C=O) groups is 1. The molecule has 2 rings (SSSR count). The van der Waals surface area contributed by atoms with Crippen LogP contribution in [0.2, 0.25) is 5.02 Å². The average Bonchev–Trinajstić information content (AvgIpc) is 2.58. The molecule has 0 aromatic heterocycles. The summed E-state index contributed by atoms with van der Waals surface area (Å²) in [7, 11) is 0. The first kappa shape index (κ1) is 18.1. The smallest absolute Gasteiger partial charge is 0.267 e. The van der Waals surface area contributed by atoms with Gasteiger partial charge in [-0.25, -0.2) is 0 Å². The highest BCUT2D eigenvalue weighted by Gasteiger charge is 2.09. The number of hydrogen-bond donors (Lipinski definition) is 2. The van der Waals surface area contributed by atoms with Crippen LogP contribution < -0.4 is 10.6 Å². The van der Waals surface area contributed by atoms with Crippen molar-refractivity contribution in [3.8, 4) is 6.07 Å². The van der Waals surface area contributed by atoms with Crippen LogP contribution in [0.1, 0.15) is 5.56 Å². The van der Waals surface area contributed by atoms with Gasteiger partial charge in [0.25, 0.3) is 5.91 Å². The van der Waals surface area contributed by atoms with E-state index in [4.69, 9.17) is 16.9 Å². The van der Waals surface area contributed by atoms with Gasteiger partial charge < -0.3 is 10.6 Å². The van der Waals surface area contributed by atoms with Crippen LogP contribution in [0.25, 0.3) is 0 Å². The lowest BCUT2D eigenvalue weighted by atomic mass is 10.1. The minimum Gasteiger partial charge on any atom is -0.389 e. The van der Waals surface area contributed by atoms with Gasteiger partial charge in [-0.1, -0.05) is 45.7 Å². The van der Waals surface area contributed by atoms with Gasteiger partial charge in [0.1, 0.15) is 11.6 Å². The Morgan fingerprint density at radius 2 is 1.92 bits per heavy atom. The van der Waals surface area contributed by atoms with E-state index in [1.165, 1.54) is 6.20 Å². The van der Waals surface area contributed by atoms with Gasteiger partial charge in [-0.05, 0) is 42.3 Å². The quantitative estimate of drug-likeness (QED) is 0.429. The van der Waals surface area contributed by atoms with Gasteiger partial charge in [-0.15, -0.1) is 0 Å². The van der Waals surface area contributed by atoms with Crippen LogP contribution in [0.3, 0.4) is 0 Å². The maximum absolute atomic E-state index is 12.1. The molecule has 122 valence electrons. The van der Waals surface area contributed by atoms with Crippen LogP contribution in [-0.4, -0.2) is 12.5 Å². The molecule has 0 atom stereocenters. The minimum absolute atomic E-state index is 0.0112. The largest absolute Gasteiger partial charge is 0.389 e. The van der Waals surface area contributed by atoms with Crippen molar-refractivity contribution in [2.75, 3.05) is 11.9 Å². The molecular weight excluding hydrogens is 390 g/mol. The molecule has 1 amide bonds. The zero-order chi connectivity index (χ0) is 17.4. The van der Waals surface area contributed by atoms with Crippen LogP contribution in [0, 0.1) is 11.3 Å². The van der Waals surface area contributed by atoms with Crippen LogP contribution in [0.5, 0.6) is 0 Å². The molecular formula is C18H15BrClN3O. The lowest BCUT2D eigenvalue weighted by Crippen LogP contribution is -2.18. The van der Waals surface area contributed by atoms with Crippen molar-refractivity contribution in [3.63, 3.8) is 0 Å². The van der Waals surface area contributed by atoms with Gasteiger partial charge in [0.15, 0.2) is 0 Å². The monoisotopic (exact) mass is 403 g/mol. The highest BCUT2D eigenvalue weighted by molar-refractivity contribution is 9.10. The Balaban J connectivity index is 1.89. The van der Waals surface area contributed by atoms with Crippen molar-refractivity contribution < 1.29 is 4.79 Å². The molecule has 0 aliphatic heterocycles. The summed E-state index contributed by atoms with van der Waals surface area (Å²) in [5, 5.41) is 15.5. The van der Waals surface area contributed by atoms with E-state index in [9.17, 15) is 4.79 Å². The molecule has 0 radical (unpaired) electrons. The third kappa shape index (κ3) is 5.41. The molecule has 0 aliphatic rings. The SMILES string of the molecule is N#C/C(=C/NCCc1ccccc1Cl)C(=O)Nc1ccc(Br)cc1. The van der Waals surface area contributed by atoms with Gasteiger partial charge in [0, 0.05) is 27.9 Å². The molecule has 0 heterocycles. The molecule has 0 saturated carbocycles. The molecule has 2 aromatic carbocycles. The first-order valence-corrected chi connectivity index (χ1v) is 8.41. The molecule has 6 heteroatoms. The standard InChI is InChI=1S/C18H15BrClN3O/c19-15-5-7-16(8-6-15)23-18(24)14(11-21)12-22-10-9-13-3-1-2-4-17(13)20/h1-8,12,22H,9-10H2,(H,23,24)/b14-12-. The fourth-order valence-electron chi connectivity index (χ4n) is 1.96. The number of carbonyl (C=O) groups excluding carboxylic acids is 1. The van der Waals surface area contributed by atoms with Gasteiger partial charge in [0.2, 0.25) is 0 Å². The number of nitrogens with one attached hydrogen (secondary N) is 2. The molecule has 24 heavy (non-hydrogen) atoms. The summed E-state index contributed by atoms with van der Waals surface area (Å²) in [6.45, 7) is 0.570. The Kier molecular flexibility index (Phi) is 6.86. The number of anilines is 1. The first-order valence-electron chi connectivity index (χ1n) is 7.24. The first-order chi connectivity index (χ1) is 11.6. The molecule has 0 saturated heterocycles. The number of rotatable bonds is 6. The number of halogens is 2. The van der Waals surface area contributed by atoms with Gasteiger partial charge in [-0.2, -0.15) is 5.26 Å². The molecule has 0 aliphatic carbocycles. The van der Waals surface area contributed by atoms with Crippen molar-refractivity contribution >= 4 is 39.1 Å². The maximum Gasteiger partial charge on any atom is 0.267 e. The van der Waals surface area contributed by atoms with Crippen LogP contribution in [-0.2, 0) is 11.2 Å². The van der Waals surface area contributed by atoms with E-state index < -0.39 is 5.91 Å². The predicted octanol–water partition coefficient (Wildman–Crippen LogP) is 4.28.